The summed E-state index contributed by atoms with van der Waals surface area (Å²) >= 11 is 7.03. The molecule has 114 valence electrons. The van der Waals surface area contributed by atoms with Crippen LogP contribution in [0.2, 0.25) is 0 Å². The Labute approximate surface area is 141 Å². The van der Waals surface area contributed by atoms with Gasteiger partial charge in [0.2, 0.25) is 0 Å². The first-order valence-corrected chi connectivity index (χ1v) is 8.65. The quantitative estimate of drug-likeness (QED) is 0.750. The Balaban J connectivity index is 2.24. The van der Waals surface area contributed by atoms with Crippen molar-refractivity contribution in [3.63, 3.8) is 0 Å². The molecule has 0 aliphatic rings. The van der Waals surface area contributed by atoms with E-state index in [4.69, 9.17) is 0 Å². The summed E-state index contributed by atoms with van der Waals surface area (Å²) in [5.74, 6) is 0.986. The second-order valence-electron chi connectivity index (χ2n) is 4.73. The lowest BCUT2D eigenvalue weighted by molar-refractivity contribution is 0.489. The Morgan fingerprint density at radius 1 is 1.29 bits per heavy atom. The number of hydrogen-bond acceptors (Lipinski definition) is 4. The molecule has 1 atom stereocenters. The second-order valence-corrected chi connectivity index (χ2v) is 6.50. The molecule has 0 aliphatic heterocycles. The van der Waals surface area contributed by atoms with Crippen molar-refractivity contribution < 1.29 is 0 Å². The van der Waals surface area contributed by atoms with Gasteiger partial charge in [0.15, 0.2) is 0 Å². The molecule has 0 aliphatic carbocycles. The summed E-state index contributed by atoms with van der Waals surface area (Å²) in [5.41, 5.74) is 0.992. The number of likely N-dealkylation sites (N-methyl/N-ethyl adjacent to an activating group) is 1. The van der Waals surface area contributed by atoms with Gasteiger partial charge in [-0.3, -0.25) is 9.67 Å². The van der Waals surface area contributed by atoms with E-state index >= 15 is 0 Å². The highest BCUT2D eigenvalue weighted by Crippen LogP contribution is 2.26. The maximum Gasteiger partial charge on any atom is 0.138 e. The van der Waals surface area contributed by atoms with Gasteiger partial charge < -0.3 is 5.32 Å². The first kappa shape index (κ1) is 16.6. The predicted molar refractivity (Wildman–Crippen MR) is 90.1 cm³/mol. The highest BCUT2D eigenvalue weighted by molar-refractivity contribution is 9.11. The summed E-state index contributed by atoms with van der Waals surface area (Å²) in [5, 5.41) is 7.77. The maximum absolute atomic E-state index is 4.54. The van der Waals surface area contributed by atoms with Crippen molar-refractivity contribution in [1.82, 2.24) is 25.1 Å². The van der Waals surface area contributed by atoms with Crippen molar-refractivity contribution in [2.24, 2.45) is 0 Å². The highest BCUT2D eigenvalue weighted by Gasteiger charge is 2.19. The van der Waals surface area contributed by atoms with Crippen LogP contribution in [0.5, 0.6) is 0 Å². The van der Waals surface area contributed by atoms with Crippen molar-refractivity contribution in [1.29, 1.82) is 0 Å². The van der Waals surface area contributed by atoms with Crippen LogP contribution in [0, 0.1) is 0 Å². The van der Waals surface area contributed by atoms with Crippen LogP contribution in [-0.4, -0.2) is 26.3 Å². The number of rotatable bonds is 7. The summed E-state index contributed by atoms with van der Waals surface area (Å²) in [7, 11) is 0. The number of nitrogens with one attached hydrogen (secondary N) is 1. The largest absolute Gasteiger partial charge is 0.308 e. The molecule has 1 N–H and O–H groups in total. The van der Waals surface area contributed by atoms with Crippen molar-refractivity contribution in [3.05, 3.63) is 39.1 Å². The van der Waals surface area contributed by atoms with Gasteiger partial charge in [0.25, 0.3) is 0 Å². The SMILES string of the molecule is CCCn1ncnc1CC(NCC)c1ncc(Br)cc1Br. The fraction of sp³-hybridized carbons (Fsp3) is 0.500. The third-order valence-corrected chi connectivity index (χ3v) is 4.20. The van der Waals surface area contributed by atoms with E-state index < -0.39 is 0 Å². The Kier molecular flexibility index (Phi) is 6.32. The molecule has 1 unspecified atom stereocenters. The molecule has 2 rings (SSSR count). The first-order valence-electron chi connectivity index (χ1n) is 7.06. The molecule has 2 aromatic heterocycles. The maximum atomic E-state index is 4.54. The lowest BCUT2D eigenvalue weighted by Gasteiger charge is -2.18. The van der Waals surface area contributed by atoms with E-state index in [9.17, 15) is 0 Å². The van der Waals surface area contributed by atoms with Crippen LogP contribution in [0.15, 0.2) is 27.5 Å². The number of halogens is 2. The molecule has 0 amide bonds. The standard InChI is InChI=1S/C14H19Br2N5/c1-3-5-21-13(19-9-20-21)7-12(17-4-2)14-11(16)6-10(15)8-18-14/h6,8-9,12,17H,3-5,7H2,1-2H3. The van der Waals surface area contributed by atoms with Gasteiger partial charge in [0.05, 0.1) is 11.7 Å². The first-order chi connectivity index (χ1) is 10.2. The minimum absolute atomic E-state index is 0.109. The van der Waals surface area contributed by atoms with Crippen molar-refractivity contribution in [3.8, 4) is 0 Å². The monoisotopic (exact) mass is 415 g/mol. The predicted octanol–water partition coefficient (Wildman–Crippen LogP) is 3.50. The zero-order valence-electron chi connectivity index (χ0n) is 12.2. The van der Waals surface area contributed by atoms with Gasteiger partial charge in [-0.05, 0) is 50.9 Å². The van der Waals surface area contributed by atoms with Crippen molar-refractivity contribution >= 4 is 31.9 Å². The van der Waals surface area contributed by atoms with Crippen LogP contribution in [-0.2, 0) is 13.0 Å². The second kappa shape index (κ2) is 8.00. The Morgan fingerprint density at radius 3 is 2.76 bits per heavy atom. The summed E-state index contributed by atoms with van der Waals surface area (Å²) in [6, 6.07) is 2.13. The lowest BCUT2D eigenvalue weighted by Crippen LogP contribution is -2.26. The molecular weight excluding hydrogens is 398 g/mol. The van der Waals surface area contributed by atoms with Gasteiger partial charge in [-0.25, -0.2) is 4.98 Å². The molecule has 0 aromatic carbocycles. The third kappa shape index (κ3) is 4.34. The van der Waals surface area contributed by atoms with Crippen LogP contribution in [0.3, 0.4) is 0 Å². The van der Waals surface area contributed by atoms with Gasteiger partial charge in [-0.1, -0.05) is 13.8 Å². The summed E-state index contributed by atoms with van der Waals surface area (Å²) < 4.78 is 3.92. The Bertz CT molecular complexity index is 584. The Morgan fingerprint density at radius 2 is 2.10 bits per heavy atom. The molecule has 0 fully saturated rings. The fourth-order valence-electron chi connectivity index (χ4n) is 2.22. The van der Waals surface area contributed by atoms with Crippen LogP contribution in [0.25, 0.3) is 0 Å². The number of nitrogens with zero attached hydrogens (tertiary/aromatic N) is 4. The smallest absolute Gasteiger partial charge is 0.138 e. The summed E-state index contributed by atoms with van der Waals surface area (Å²) in [6.45, 7) is 6.00. The van der Waals surface area contributed by atoms with E-state index in [2.05, 4.69) is 66.1 Å². The fourth-order valence-corrected chi connectivity index (χ4v) is 3.48. The molecule has 2 heterocycles. The van der Waals surface area contributed by atoms with Gasteiger partial charge in [0, 0.05) is 28.1 Å². The van der Waals surface area contributed by atoms with E-state index in [1.165, 1.54) is 0 Å². The average Bonchev–Trinajstić information content (AvgIpc) is 2.86. The normalized spacial score (nSPS) is 12.6. The number of aromatic nitrogens is 4. The number of pyridine rings is 1. The lowest BCUT2D eigenvalue weighted by atomic mass is 10.1. The molecule has 21 heavy (non-hydrogen) atoms. The molecule has 0 bridgehead atoms. The van der Waals surface area contributed by atoms with Crippen molar-refractivity contribution in [2.75, 3.05) is 6.54 Å². The summed E-state index contributed by atoms with van der Waals surface area (Å²) in [4.78, 5) is 8.93. The van der Waals surface area contributed by atoms with Crippen molar-refractivity contribution in [2.45, 2.75) is 39.3 Å². The topological polar surface area (TPSA) is 55.6 Å². The van der Waals surface area contributed by atoms with Gasteiger partial charge in [-0.15, -0.1) is 0 Å². The molecule has 0 saturated heterocycles. The molecule has 5 nitrogen and oxygen atoms in total. The third-order valence-electron chi connectivity index (χ3n) is 3.13. The minimum atomic E-state index is 0.109. The van der Waals surface area contributed by atoms with Gasteiger partial charge in [0.1, 0.15) is 12.2 Å². The zero-order valence-corrected chi connectivity index (χ0v) is 15.4. The van der Waals surface area contributed by atoms with E-state index in [1.54, 1.807) is 6.33 Å². The van der Waals surface area contributed by atoms with Gasteiger partial charge in [-0.2, -0.15) is 5.10 Å². The van der Waals surface area contributed by atoms with E-state index in [0.29, 0.717) is 0 Å². The number of aryl methyl sites for hydroxylation is 1. The molecule has 7 heteroatoms. The molecule has 2 aromatic rings. The average molecular weight is 417 g/mol. The van der Waals surface area contributed by atoms with E-state index in [1.807, 2.05) is 16.9 Å². The van der Waals surface area contributed by atoms with Gasteiger partial charge >= 0.3 is 0 Å². The minimum Gasteiger partial charge on any atom is -0.308 e. The number of hydrogen-bond donors (Lipinski definition) is 1. The molecular formula is C14H19Br2N5. The summed E-state index contributed by atoms with van der Waals surface area (Å²) in [6.07, 6.45) is 5.25. The highest BCUT2D eigenvalue weighted by atomic mass is 79.9. The Hall–Kier alpha value is -0.790. The van der Waals surface area contributed by atoms with E-state index in [0.717, 1.165) is 46.4 Å². The zero-order chi connectivity index (χ0) is 15.2. The van der Waals surface area contributed by atoms with Crippen LogP contribution in [0.1, 0.15) is 37.8 Å². The van der Waals surface area contributed by atoms with Crippen LogP contribution >= 0.6 is 31.9 Å². The molecule has 0 radical (unpaired) electrons. The molecule has 0 saturated carbocycles. The molecule has 0 spiro atoms. The van der Waals surface area contributed by atoms with E-state index in [-0.39, 0.29) is 6.04 Å². The van der Waals surface area contributed by atoms with Crippen LogP contribution < -0.4 is 5.32 Å². The van der Waals surface area contributed by atoms with Crippen LogP contribution in [0.4, 0.5) is 0 Å².